The summed E-state index contributed by atoms with van der Waals surface area (Å²) in [5.41, 5.74) is -2.74. The number of benzene rings is 1. The van der Waals surface area contributed by atoms with Crippen molar-refractivity contribution in [2.45, 2.75) is 24.9 Å². The van der Waals surface area contributed by atoms with Crippen LogP contribution < -0.4 is 0 Å². The quantitative estimate of drug-likeness (QED) is 0.456. The fraction of sp³-hybridized carbons (Fsp3) is 0.364. The van der Waals surface area contributed by atoms with Gasteiger partial charge in [0.15, 0.2) is 5.78 Å². The molecule has 1 unspecified atom stereocenters. The topological polar surface area (TPSA) is 17.1 Å². The molecule has 0 aliphatic heterocycles. The van der Waals surface area contributed by atoms with E-state index in [9.17, 15) is 26.7 Å². The van der Waals surface area contributed by atoms with Crippen molar-refractivity contribution in [1.29, 1.82) is 0 Å². The molecule has 0 aromatic heterocycles. The molecule has 7 heteroatoms. The molecule has 0 saturated carbocycles. The fourth-order valence-electron chi connectivity index (χ4n) is 1.36. The first-order valence-electron chi connectivity index (χ1n) is 4.82. The summed E-state index contributed by atoms with van der Waals surface area (Å²) in [6, 6.07) is 1.64. The van der Waals surface area contributed by atoms with Crippen LogP contribution in [0.3, 0.4) is 0 Å². The van der Waals surface area contributed by atoms with Crippen molar-refractivity contribution in [3.63, 3.8) is 0 Å². The SMILES string of the molecule is CC(Cl)C(=O)c1cc(C(F)F)ccc1C(F)(F)F. The van der Waals surface area contributed by atoms with Crippen molar-refractivity contribution in [2.75, 3.05) is 0 Å². The van der Waals surface area contributed by atoms with Crippen LogP contribution in [0.2, 0.25) is 0 Å². The maximum absolute atomic E-state index is 12.6. The van der Waals surface area contributed by atoms with E-state index < -0.39 is 40.5 Å². The molecule has 1 aromatic carbocycles. The molecule has 0 amide bonds. The Morgan fingerprint density at radius 1 is 1.28 bits per heavy atom. The molecule has 1 atom stereocenters. The van der Waals surface area contributed by atoms with Crippen LogP contribution in [0.25, 0.3) is 0 Å². The van der Waals surface area contributed by atoms with Gasteiger partial charge in [0.25, 0.3) is 6.43 Å². The Bertz CT molecular complexity index is 453. The number of hydrogen-bond donors (Lipinski definition) is 0. The largest absolute Gasteiger partial charge is 0.417 e. The third-order valence-corrected chi connectivity index (χ3v) is 2.43. The molecule has 0 fully saturated rings. The minimum atomic E-state index is -4.79. The lowest BCUT2D eigenvalue weighted by Gasteiger charge is -2.14. The van der Waals surface area contributed by atoms with Gasteiger partial charge in [-0.3, -0.25) is 4.79 Å². The van der Waals surface area contributed by atoms with Gasteiger partial charge in [0.1, 0.15) is 0 Å². The molecule has 1 nitrogen and oxygen atoms in total. The van der Waals surface area contributed by atoms with Crippen molar-refractivity contribution < 1.29 is 26.7 Å². The van der Waals surface area contributed by atoms with Crippen LogP contribution in [0.5, 0.6) is 0 Å². The van der Waals surface area contributed by atoms with E-state index in [4.69, 9.17) is 11.6 Å². The van der Waals surface area contributed by atoms with E-state index in [-0.39, 0.29) is 0 Å². The summed E-state index contributed by atoms with van der Waals surface area (Å²) in [7, 11) is 0. The predicted octanol–water partition coefficient (Wildman–Crippen LogP) is 4.45. The zero-order chi connectivity index (χ0) is 14.1. The van der Waals surface area contributed by atoms with Gasteiger partial charge in [-0.2, -0.15) is 13.2 Å². The molecular formula is C11H8ClF5O. The Morgan fingerprint density at radius 3 is 2.22 bits per heavy atom. The first-order chi connectivity index (χ1) is 8.14. The first-order valence-corrected chi connectivity index (χ1v) is 5.25. The molecule has 18 heavy (non-hydrogen) atoms. The molecule has 0 aliphatic carbocycles. The second-order valence-electron chi connectivity index (χ2n) is 3.58. The summed E-state index contributed by atoms with van der Waals surface area (Å²) in [5.74, 6) is -1.04. The lowest BCUT2D eigenvalue weighted by atomic mass is 9.98. The second kappa shape index (κ2) is 5.22. The molecule has 0 bridgehead atoms. The third kappa shape index (κ3) is 3.19. The maximum atomic E-state index is 12.6. The maximum Gasteiger partial charge on any atom is 0.417 e. The summed E-state index contributed by atoms with van der Waals surface area (Å²) in [5, 5.41) is -1.22. The summed E-state index contributed by atoms with van der Waals surface area (Å²) < 4.78 is 62.7. The smallest absolute Gasteiger partial charge is 0.293 e. The van der Waals surface area contributed by atoms with E-state index in [0.29, 0.717) is 18.2 Å². The first kappa shape index (κ1) is 14.9. The number of hydrogen-bond acceptors (Lipinski definition) is 1. The van der Waals surface area contributed by atoms with Gasteiger partial charge in [-0.05, 0) is 19.1 Å². The lowest BCUT2D eigenvalue weighted by Crippen LogP contribution is -2.18. The van der Waals surface area contributed by atoms with Crippen molar-refractivity contribution in [3.05, 3.63) is 34.9 Å². The van der Waals surface area contributed by atoms with Gasteiger partial charge in [0, 0.05) is 11.1 Å². The standard InChI is InChI=1S/C11H8ClF5O/c1-5(12)9(18)7-4-6(10(13)14)2-3-8(7)11(15,16)17/h2-5,10H,1H3. The van der Waals surface area contributed by atoms with Crippen LogP contribution in [-0.2, 0) is 6.18 Å². The Hall–Kier alpha value is -1.17. The predicted molar refractivity (Wildman–Crippen MR) is 56.0 cm³/mol. The van der Waals surface area contributed by atoms with Gasteiger partial charge in [-0.1, -0.05) is 6.07 Å². The van der Waals surface area contributed by atoms with Gasteiger partial charge in [-0.25, -0.2) is 8.78 Å². The van der Waals surface area contributed by atoms with Gasteiger partial charge >= 0.3 is 6.18 Å². The third-order valence-electron chi connectivity index (χ3n) is 2.23. The lowest BCUT2D eigenvalue weighted by molar-refractivity contribution is -0.137. The van der Waals surface area contributed by atoms with Crippen molar-refractivity contribution in [3.8, 4) is 0 Å². The highest BCUT2D eigenvalue weighted by atomic mass is 35.5. The van der Waals surface area contributed by atoms with Gasteiger partial charge in [-0.15, -0.1) is 11.6 Å². The molecule has 0 radical (unpaired) electrons. The molecule has 0 aliphatic rings. The average Bonchev–Trinajstić information content (AvgIpc) is 2.25. The van der Waals surface area contributed by atoms with Crippen LogP contribution in [-0.4, -0.2) is 11.2 Å². The zero-order valence-electron chi connectivity index (χ0n) is 9.06. The normalized spacial score (nSPS) is 13.8. The minimum absolute atomic E-state index is 0.466. The Labute approximate surface area is 105 Å². The number of rotatable bonds is 3. The van der Waals surface area contributed by atoms with Crippen LogP contribution in [0, 0.1) is 0 Å². The van der Waals surface area contributed by atoms with Crippen LogP contribution in [0.1, 0.15) is 34.8 Å². The van der Waals surface area contributed by atoms with Crippen LogP contribution in [0.15, 0.2) is 18.2 Å². The number of ketones is 1. The highest BCUT2D eigenvalue weighted by molar-refractivity contribution is 6.33. The molecule has 100 valence electrons. The Morgan fingerprint density at radius 2 is 1.83 bits per heavy atom. The van der Waals surface area contributed by atoms with Crippen molar-refractivity contribution in [1.82, 2.24) is 0 Å². The van der Waals surface area contributed by atoms with E-state index in [1.54, 1.807) is 0 Å². The van der Waals surface area contributed by atoms with E-state index in [2.05, 4.69) is 0 Å². The van der Waals surface area contributed by atoms with E-state index in [1.165, 1.54) is 6.92 Å². The van der Waals surface area contributed by atoms with Gasteiger partial charge in [0.2, 0.25) is 0 Å². The molecule has 1 aromatic rings. The second-order valence-corrected chi connectivity index (χ2v) is 4.24. The fourth-order valence-corrected chi connectivity index (χ4v) is 1.48. The molecule has 0 heterocycles. The summed E-state index contributed by atoms with van der Waals surface area (Å²) in [6.45, 7) is 1.18. The molecule has 0 spiro atoms. The number of carbonyl (C=O) groups is 1. The van der Waals surface area contributed by atoms with E-state index >= 15 is 0 Å². The Kier molecular flexibility index (Phi) is 4.32. The molecule has 0 N–H and O–H groups in total. The van der Waals surface area contributed by atoms with Gasteiger partial charge < -0.3 is 0 Å². The highest BCUT2D eigenvalue weighted by Crippen LogP contribution is 2.34. The molecular weight excluding hydrogens is 279 g/mol. The number of halogens is 6. The van der Waals surface area contributed by atoms with Crippen molar-refractivity contribution >= 4 is 17.4 Å². The van der Waals surface area contributed by atoms with Crippen molar-refractivity contribution in [2.24, 2.45) is 0 Å². The summed E-state index contributed by atoms with van der Waals surface area (Å²) in [4.78, 5) is 11.5. The van der Waals surface area contributed by atoms with E-state index in [0.717, 1.165) is 0 Å². The number of Topliss-reactive ketones (excluding diaryl/α,β-unsaturated/α-hetero) is 1. The number of alkyl halides is 6. The number of carbonyl (C=O) groups excluding carboxylic acids is 1. The zero-order valence-corrected chi connectivity index (χ0v) is 9.82. The Balaban J connectivity index is 3.41. The van der Waals surface area contributed by atoms with Crippen LogP contribution in [0.4, 0.5) is 22.0 Å². The van der Waals surface area contributed by atoms with E-state index in [1.807, 2.05) is 0 Å². The van der Waals surface area contributed by atoms with Crippen LogP contribution >= 0.6 is 11.6 Å². The van der Waals surface area contributed by atoms with Gasteiger partial charge in [0.05, 0.1) is 10.9 Å². The molecule has 1 rings (SSSR count). The summed E-state index contributed by atoms with van der Waals surface area (Å²) >= 11 is 5.41. The monoisotopic (exact) mass is 286 g/mol. The highest BCUT2D eigenvalue weighted by Gasteiger charge is 2.36. The molecule has 0 saturated heterocycles. The average molecular weight is 287 g/mol. The summed E-state index contributed by atoms with van der Waals surface area (Å²) in [6.07, 6.45) is -7.75. The minimum Gasteiger partial charge on any atom is -0.293 e.